The Hall–Kier alpha value is -3.08. The van der Waals surface area contributed by atoms with E-state index in [9.17, 15) is 4.79 Å². The zero-order chi connectivity index (χ0) is 15.1. The predicted octanol–water partition coefficient (Wildman–Crippen LogP) is 3.14. The van der Waals surface area contributed by atoms with Crippen LogP contribution in [-0.2, 0) is 0 Å². The molecule has 0 unspecified atom stereocenters. The van der Waals surface area contributed by atoms with Gasteiger partial charge in [0.05, 0.1) is 24.2 Å². The molecule has 0 radical (unpaired) electrons. The summed E-state index contributed by atoms with van der Waals surface area (Å²) < 4.78 is 12.3. The van der Waals surface area contributed by atoms with Gasteiger partial charge in [-0.05, 0) is 18.2 Å². The second kappa shape index (κ2) is 4.73. The number of nitrogens with zero attached hydrogens (tertiary/aromatic N) is 2. The van der Waals surface area contributed by atoms with E-state index in [0.29, 0.717) is 22.4 Å². The Labute approximate surface area is 125 Å². The molecule has 0 fully saturated rings. The van der Waals surface area contributed by atoms with Crippen molar-refractivity contribution >= 4 is 21.9 Å². The van der Waals surface area contributed by atoms with Crippen molar-refractivity contribution in [3.8, 4) is 11.4 Å². The van der Waals surface area contributed by atoms with Gasteiger partial charge in [0.1, 0.15) is 23.3 Å². The molecule has 22 heavy (non-hydrogen) atoms. The van der Waals surface area contributed by atoms with Gasteiger partial charge in [-0.3, -0.25) is 4.79 Å². The molecular formula is C17H12N2O3. The first-order chi connectivity index (χ1) is 10.8. The van der Waals surface area contributed by atoms with Crippen molar-refractivity contribution in [2.45, 2.75) is 0 Å². The Bertz CT molecular complexity index is 1050. The molecule has 0 aliphatic carbocycles. The van der Waals surface area contributed by atoms with Gasteiger partial charge in [0, 0.05) is 11.5 Å². The molecular weight excluding hydrogens is 280 g/mol. The minimum atomic E-state index is -0.127. The minimum Gasteiger partial charge on any atom is -0.497 e. The van der Waals surface area contributed by atoms with E-state index in [0.717, 1.165) is 10.9 Å². The summed E-state index contributed by atoms with van der Waals surface area (Å²) in [7, 11) is 1.57. The van der Waals surface area contributed by atoms with Crippen molar-refractivity contribution in [3.63, 3.8) is 0 Å². The molecule has 0 aliphatic rings. The molecule has 0 N–H and O–H groups in total. The largest absolute Gasteiger partial charge is 0.497 e. The molecule has 0 saturated carbocycles. The Balaban J connectivity index is 2.00. The Morgan fingerprint density at radius 1 is 1.18 bits per heavy atom. The molecule has 5 heteroatoms. The van der Waals surface area contributed by atoms with Gasteiger partial charge in [-0.2, -0.15) is 5.10 Å². The van der Waals surface area contributed by atoms with Crippen LogP contribution in [0, 0.1) is 0 Å². The minimum absolute atomic E-state index is 0.127. The van der Waals surface area contributed by atoms with Gasteiger partial charge in [-0.25, -0.2) is 4.68 Å². The molecule has 2 aromatic heterocycles. The van der Waals surface area contributed by atoms with E-state index in [1.807, 2.05) is 24.3 Å². The second-order valence-corrected chi connectivity index (χ2v) is 4.93. The smallest absolute Gasteiger partial charge is 0.218 e. The van der Waals surface area contributed by atoms with Crippen LogP contribution < -0.4 is 10.2 Å². The van der Waals surface area contributed by atoms with E-state index in [1.165, 1.54) is 6.26 Å². The summed E-state index contributed by atoms with van der Waals surface area (Å²) in [4.78, 5) is 12.7. The zero-order valence-corrected chi connectivity index (χ0v) is 11.8. The number of fused-ring (bicyclic) bond motifs is 2. The van der Waals surface area contributed by atoms with Gasteiger partial charge in [-0.1, -0.05) is 18.2 Å². The second-order valence-electron chi connectivity index (χ2n) is 4.93. The molecule has 2 heterocycles. The lowest BCUT2D eigenvalue weighted by atomic mass is 10.2. The lowest BCUT2D eigenvalue weighted by Gasteiger charge is -2.05. The van der Waals surface area contributed by atoms with Crippen LogP contribution in [0.2, 0.25) is 0 Å². The van der Waals surface area contributed by atoms with Crippen molar-refractivity contribution in [2.24, 2.45) is 0 Å². The summed E-state index contributed by atoms with van der Waals surface area (Å²) >= 11 is 0. The molecule has 4 aromatic rings. The third kappa shape index (κ3) is 1.79. The van der Waals surface area contributed by atoms with Crippen molar-refractivity contribution < 1.29 is 9.15 Å². The normalized spacial score (nSPS) is 11.1. The van der Waals surface area contributed by atoms with E-state index in [-0.39, 0.29) is 5.43 Å². The fourth-order valence-corrected chi connectivity index (χ4v) is 2.54. The van der Waals surface area contributed by atoms with Crippen LogP contribution in [0.15, 0.2) is 64.1 Å². The summed E-state index contributed by atoms with van der Waals surface area (Å²) in [6.07, 6.45) is 3.16. The Morgan fingerprint density at radius 3 is 2.91 bits per heavy atom. The van der Waals surface area contributed by atoms with Crippen molar-refractivity contribution in [2.75, 3.05) is 7.11 Å². The standard InChI is InChI=1S/C17H12N2O3/c1-21-12-6-7-13-16(8-12)22-10-15(17(13)20)19-14-5-3-2-4-11(14)9-18-19/h2-10H,1H3. The lowest BCUT2D eigenvalue weighted by molar-refractivity contribution is 0.414. The molecule has 0 aliphatic heterocycles. The fraction of sp³-hybridized carbons (Fsp3) is 0.0588. The van der Waals surface area contributed by atoms with E-state index in [2.05, 4.69) is 5.10 Å². The first-order valence-electron chi connectivity index (χ1n) is 6.80. The van der Waals surface area contributed by atoms with Gasteiger partial charge < -0.3 is 9.15 Å². The van der Waals surface area contributed by atoms with Crippen LogP contribution in [0.3, 0.4) is 0 Å². The predicted molar refractivity (Wildman–Crippen MR) is 83.7 cm³/mol. The van der Waals surface area contributed by atoms with E-state index < -0.39 is 0 Å². The summed E-state index contributed by atoms with van der Waals surface area (Å²) in [6.45, 7) is 0. The molecule has 4 rings (SSSR count). The lowest BCUT2D eigenvalue weighted by Crippen LogP contribution is -2.12. The topological polar surface area (TPSA) is 57.3 Å². The molecule has 0 atom stereocenters. The molecule has 5 nitrogen and oxygen atoms in total. The van der Waals surface area contributed by atoms with E-state index >= 15 is 0 Å². The van der Waals surface area contributed by atoms with E-state index in [1.54, 1.807) is 36.2 Å². The number of benzene rings is 2. The SMILES string of the molecule is COc1ccc2c(=O)c(-n3ncc4ccccc43)coc2c1. The molecule has 0 saturated heterocycles. The number of ether oxygens (including phenoxy) is 1. The Morgan fingerprint density at radius 2 is 2.05 bits per heavy atom. The van der Waals surface area contributed by atoms with Crippen LogP contribution >= 0.6 is 0 Å². The van der Waals surface area contributed by atoms with Crippen LogP contribution in [0.4, 0.5) is 0 Å². The first-order valence-corrected chi connectivity index (χ1v) is 6.80. The average Bonchev–Trinajstić information content (AvgIpc) is 2.99. The monoisotopic (exact) mass is 292 g/mol. The fourth-order valence-electron chi connectivity index (χ4n) is 2.54. The molecule has 108 valence electrons. The summed E-state index contributed by atoms with van der Waals surface area (Å²) in [5.41, 5.74) is 1.61. The van der Waals surface area contributed by atoms with Gasteiger partial charge in [-0.15, -0.1) is 0 Å². The van der Waals surface area contributed by atoms with Crippen LogP contribution in [0.1, 0.15) is 0 Å². The highest BCUT2D eigenvalue weighted by Gasteiger charge is 2.12. The summed E-state index contributed by atoms with van der Waals surface area (Å²) in [5.74, 6) is 0.646. The highest BCUT2D eigenvalue weighted by atomic mass is 16.5. The highest BCUT2D eigenvalue weighted by molar-refractivity contribution is 5.83. The van der Waals surface area contributed by atoms with E-state index in [4.69, 9.17) is 9.15 Å². The zero-order valence-electron chi connectivity index (χ0n) is 11.8. The average molecular weight is 292 g/mol. The van der Waals surface area contributed by atoms with Crippen LogP contribution in [-0.4, -0.2) is 16.9 Å². The number of hydrogen-bond donors (Lipinski definition) is 0. The molecule has 0 bridgehead atoms. The first kappa shape index (κ1) is 12.6. The maximum absolute atomic E-state index is 12.7. The van der Waals surface area contributed by atoms with Gasteiger partial charge in [0.15, 0.2) is 0 Å². The Kier molecular flexibility index (Phi) is 2.72. The number of para-hydroxylation sites is 1. The molecule has 2 aromatic carbocycles. The van der Waals surface area contributed by atoms with Gasteiger partial charge in [0.25, 0.3) is 0 Å². The van der Waals surface area contributed by atoms with Gasteiger partial charge >= 0.3 is 0 Å². The molecule has 0 spiro atoms. The van der Waals surface area contributed by atoms with Gasteiger partial charge in [0.2, 0.25) is 5.43 Å². The van der Waals surface area contributed by atoms with Crippen molar-refractivity contribution in [1.82, 2.24) is 9.78 Å². The number of hydrogen-bond acceptors (Lipinski definition) is 4. The van der Waals surface area contributed by atoms with Crippen LogP contribution in [0.25, 0.3) is 27.6 Å². The maximum atomic E-state index is 12.7. The third-order valence-corrected chi connectivity index (χ3v) is 3.67. The maximum Gasteiger partial charge on any atom is 0.218 e. The quantitative estimate of drug-likeness (QED) is 0.569. The summed E-state index contributed by atoms with van der Waals surface area (Å²) in [5, 5.41) is 5.77. The third-order valence-electron chi connectivity index (χ3n) is 3.67. The number of aromatic nitrogens is 2. The van der Waals surface area contributed by atoms with Crippen molar-refractivity contribution in [1.29, 1.82) is 0 Å². The van der Waals surface area contributed by atoms with Crippen LogP contribution in [0.5, 0.6) is 5.75 Å². The number of rotatable bonds is 2. The van der Waals surface area contributed by atoms with Crippen molar-refractivity contribution in [3.05, 3.63) is 65.1 Å². The highest BCUT2D eigenvalue weighted by Crippen LogP contribution is 2.21. The molecule has 0 amide bonds. The number of methoxy groups -OCH3 is 1. The summed E-state index contributed by atoms with van der Waals surface area (Å²) in [6, 6.07) is 12.9.